The summed E-state index contributed by atoms with van der Waals surface area (Å²) in [6.45, 7) is 0.916. The lowest BCUT2D eigenvalue weighted by molar-refractivity contribution is 0.142. The molecular formula is C14H19N3O. The third kappa shape index (κ3) is 2.57. The van der Waals surface area contributed by atoms with E-state index in [0.717, 1.165) is 18.5 Å². The number of nitrogens with zero attached hydrogens (tertiary/aromatic N) is 1. The van der Waals surface area contributed by atoms with Crippen LogP contribution in [0.1, 0.15) is 31.2 Å². The van der Waals surface area contributed by atoms with Gasteiger partial charge in [0.05, 0.1) is 17.9 Å². The molecule has 4 heteroatoms. The van der Waals surface area contributed by atoms with Crippen LogP contribution < -0.4 is 11.1 Å². The van der Waals surface area contributed by atoms with Crippen molar-refractivity contribution in [2.24, 2.45) is 5.41 Å². The highest BCUT2D eigenvalue weighted by Gasteiger charge is 2.32. The van der Waals surface area contributed by atoms with Crippen molar-refractivity contribution in [3.05, 3.63) is 23.8 Å². The number of nitrogen functional groups attached to an aromatic ring is 1. The molecule has 1 saturated carbocycles. The van der Waals surface area contributed by atoms with E-state index in [0.29, 0.717) is 17.8 Å². The normalized spacial score (nSPS) is 17.3. The summed E-state index contributed by atoms with van der Waals surface area (Å²) in [7, 11) is 0. The molecule has 18 heavy (non-hydrogen) atoms. The van der Waals surface area contributed by atoms with Crippen molar-refractivity contribution in [3.63, 3.8) is 0 Å². The molecule has 96 valence electrons. The van der Waals surface area contributed by atoms with E-state index in [4.69, 9.17) is 11.0 Å². The largest absolute Gasteiger partial charge is 0.399 e. The van der Waals surface area contributed by atoms with Crippen LogP contribution in [0.5, 0.6) is 0 Å². The molecule has 1 aromatic carbocycles. The summed E-state index contributed by atoms with van der Waals surface area (Å²) < 4.78 is 0. The number of nitrogens with two attached hydrogens (primary N) is 1. The monoisotopic (exact) mass is 245 g/mol. The van der Waals surface area contributed by atoms with Crippen molar-refractivity contribution in [2.75, 3.05) is 24.2 Å². The van der Waals surface area contributed by atoms with Gasteiger partial charge in [0.15, 0.2) is 0 Å². The number of nitriles is 1. The van der Waals surface area contributed by atoms with Crippen molar-refractivity contribution >= 4 is 11.4 Å². The zero-order chi connectivity index (χ0) is 13.0. The van der Waals surface area contributed by atoms with E-state index in [2.05, 4.69) is 11.4 Å². The Labute approximate surface area is 107 Å². The van der Waals surface area contributed by atoms with Gasteiger partial charge < -0.3 is 16.2 Å². The van der Waals surface area contributed by atoms with Gasteiger partial charge in [0.2, 0.25) is 0 Å². The Kier molecular flexibility index (Phi) is 3.73. The summed E-state index contributed by atoms with van der Waals surface area (Å²) in [5.74, 6) is 0. The Balaban J connectivity index is 2.08. The molecule has 0 unspecified atom stereocenters. The molecular weight excluding hydrogens is 226 g/mol. The molecule has 2 rings (SSSR count). The van der Waals surface area contributed by atoms with Gasteiger partial charge in [-0.15, -0.1) is 0 Å². The minimum absolute atomic E-state index is 0.0197. The molecule has 1 aliphatic carbocycles. The number of aliphatic hydroxyl groups is 1. The van der Waals surface area contributed by atoms with Crippen LogP contribution in [0, 0.1) is 16.7 Å². The Morgan fingerprint density at radius 1 is 1.39 bits per heavy atom. The topological polar surface area (TPSA) is 82.1 Å². The van der Waals surface area contributed by atoms with E-state index in [-0.39, 0.29) is 12.0 Å². The van der Waals surface area contributed by atoms with Gasteiger partial charge in [-0.3, -0.25) is 0 Å². The maximum absolute atomic E-state index is 9.54. The SMILES string of the molecule is N#Cc1cc(N)ccc1NCC1(CO)CCCC1. The lowest BCUT2D eigenvalue weighted by Gasteiger charge is -2.27. The summed E-state index contributed by atoms with van der Waals surface area (Å²) in [4.78, 5) is 0. The zero-order valence-electron chi connectivity index (χ0n) is 10.4. The van der Waals surface area contributed by atoms with E-state index in [1.165, 1.54) is 12.8 Å². The van der Waals surface area contributed by atoms with E-state index in [1.54, 1.807) is 12.1 Å². The second-order valence-electron chi connectivity index (χ2n) is 5.14. The van der Waals surface area contributed by atoms with E-state index in [1.807, 2.05) is 6.07 Å². The van der Waals surface area contributed by atoms with E-state index >= 15 is 0 Å². The molecule has 0 radical (unpaired) electrons. The molecule has 0 heterocycles. The first-order valence-corrected chi connectivity index (χ1v) is 6.33. The summed E-state index contributed by atoms with van der Waals surface area (Å²) in [6.07, 6.45) is 4.45. The minimum atomic E-state index is -0.0197. The van der Waals surface area contributed by atoms with Crippen molar-refractivity contribution in [1.29, 1.82) is 5.26 Å². The number of hydrogen-bond acceptors (Lipinski definition) is 4. The predicted octanol–water partition coefficient (Wildman–Crippen LogP) is 2.11. The first-order valence-electron chi connectivity index (χ1n) is 6.33. The van der Waals surface area contributed by atoms with Crippen LogP contribution >= 0.6 is 0 Å². The molecule has 1 aromatic rings. The molecule has 0 saturated heterocycles. The van der Waals surface area contributed by atoms with E-state index in [9.17, 15) is 5.11 Å². The van der Waals surface area contributed by atoms with Crippen LogP contribution in [-0.2, 0) is 0 Å². The first kappa shape index (κ1) is 12.7. The average Bonchev–Trinajstić information content (AvgIpc) is 2.86. The molecule has 0 aromatic heterocycles. The van der Waals surface area contributed by atoms with Gasteiger partial charge in [-0.1, -0.05) is 12.8 Å². The molecule has 4 nitrogen and oxygen atoms in total. The van der Waals surface area contributed by atoms with Crippen molar-refractivity contribution in [2.45, 2.75) is 25.7 Å². The fourth-order valence-corrected chi connectivity index (χ4v) is 2.61. The summed E-state index contributed by atoms with van der Waals surface area (Å²) in [5, 5.41) is 21.9. The lowest BCUT2D eigenvalue weighted by Crippen LogP contribution is -2.30. The number of anilines is 2. The van der Waals surface area contributed by atoms with E-state index < -0.39 is 0 Å². The lowest BCUT2D eigenvalue weighted by atomic mass is 9.87. The highest BCUT2D eigenvalue weighted by Crippen LogP contribution is 2.37. The number of rotatable bonds is 4. The molecule has 0 atom stereocenters. The number of hydrogen-bond donors (Lipinski definition) is 3. The highest BCUT2D eigenvalue weighted by atomic mass is 16.3. The van der Waals surface area contributed by atoms with Crippen LogP contribution in [0.2, 0.25) is 0 Å². The Morgan fingerprint density at radius 2 is 2.11 bits per heavy atom. The summed E-state index contributed by atoms with van der Waals surface area (Å²) in [5.41, 5.74) is 7.58. The number of aliphatic hydroxyl groups excluding tert-OH is 1. The minimum Gasteiger partial charge on any atom is -0.399 e. The van der Waals surface area contributed by atoms with Gasteiger partial charge in [0.25, 0.3) is 0 Å². The second kappa shape index (κ2) is 5.28. The van der Waals surface area contributed by atoms with Gasteiger partial charge in [-0.2, -0.15) is 5.26 Å². The first-order chi connectivity index (χ1) is 8.69. The van der Waals surface area contributed by atoms with Crippen LogP contribution in [-0.4, -0.2) is 18.3 Å². The fraction of sp³-hybridized carbons (Fsp3) is 0.500. The maximum Gasteiger partial charge on any atom is 0.101 e. The molecule has 1 fully saturated rings. The van der Waals surface area contributed by atoms with Gasteiger partial charge in [0, 0.05) is 17.6 Å². The van der Waals surface area contributed by atoms with Gasteiger partial charge in [-0.05, 0) is 31.0 Å². The van der Waals surface area contributed by atoms with Crippen LogP contribution in [0.15, 0.2) is 18.2 Å². The maximum atomic E-state index is 9.54. The van der Waals surface area contributed by atoms with Crippen molar-refractivity contribution in [1.82, 2.24) is 0 Å². The van der Waals surface area contributed by atoms with Crippen LogP contribution in [0.4, 0.5) is 11.4 Å². The average molecular weight is 245 g/mol. The second-order valence-corrected chi connectivity index (χ2v) is 5.14. The van der Waals surface area contributed by atoms with Crippen molar-refractivity contribution < 1.29 is 5.11 Å². The third-order valence-corrected chi connectivity index (χ3v) is 3.82. The molecule has 1 aliphatic rings. The Hall–Kier alpha value is -1.73. The highest BCUT2D eigenvalue weighted by molar-refractivity contribution is 5.63. The standard InChI is InChI=1S/C14H19N3O/c15-8-11-7-12(16)3-4-13(11)17-9-14(10-18)5-1-2-6-14/h3-4,7,17-18H,1-2,5-6,9-10,16H2. The van der Waals surface area contributed by atoms with Crippen LogP contribution in [0.3, 0.4) is 0 Å². The van der Waals surface area contributed by atoms with Crippen LogP contribution in [0.25, 0.3) is 0 Å². The zero-order valence-corrected chi connectivity index (χ0v) is 10.4. The van der Waals surface area contributed by atoms with Gasteiger partial charge in [0.1, 0.15) is 6.07 Å². The quantitative estimate of drug-likeness (QED) is 0.709. The predicted molar refractivity (Wildman–Crippen MR) is 72.0 cm³/mol. The van der Waals surface area contributed by atoms with Crippen molar-refractivity contribution in [3.8, 4) is 6.07 Å². The molecule has 4 N–H and O–H groups in total. The molecule has 0 aliphatic heterocycles. The third-order valence-electron chi connectivity index (χ3n) is 3.82. The molecule has 0 bridgehead atoms. The smallest absolute Gasteiger partial charge is 0.101 e. The van der Waals surface area contributed by atoms with Gasteiger partial charge in [-0.25, -0.2) is 0 Å². The Bertz CT molecular complexity index is 459. The number of benzene rings is 1. The fourth-order valence-electron chi connectivity index (χ4n) is 2.61. The Morgan fingerprint density at radius 3 is 2.72 bits per heavy atom. The van der Waals surface area contributed by atoms with Gasteiger partial charge >= 0.3 is 0 Å². The molecule has 0 amide bonds. The summed E-state index contributed by atoms with van der Waals surface area (Å²) in [6, 6.07) is 7.42. The summed E-state index contributed by atoms with van der Waals surface area (Å²) >= 11 is 0. The number of nitrogens with one attached hydrogen (secondary N) is 1. The molecule has 0 spiro atoms.